The van der Waals surface area contributed by atoms with Crippen molar-refractivity contribution in [1.29, 1.82) is 0 Å². The Morgan fingerprint density at radius 2 is 1.24 bits per heavy atom. The maximum Gasteiger partial charge on any atom is 0.417 e. The van der Waals surface area contributed by atoms with Gasteiger partial charge in [-0.05, 0) is 74.4 Å². The molecule has 3 aromatic carbocycles. The van der Waals surface area contributed by atoms with Gasteiger partial charge in [0.05, 0.1) is 20.4 Å². The zero-order valence-corrected chi connectivity index (χ0v) is 20.5. The number of rotatable bonds is 6. The summed E-state index contributed by atoms with van der Waals surface area (Å²) < 4.78 is 94.6. The molecule has 0 aliphatic carbocycles. The largest absolute Gasteiger partial charge is 0.417 e. The number of sulfonamides is 2. The van der Waals surface area contributed by atoms with Crippen LogP contribution in [0.3, 0.4) is 0 Å². The van der Waals surface area contributed by atoms with Crippen LogP contribution >= 0.6 is 11.6 Å². The van der Waals surface area contributed by atoms with Gasteiger partial charge < -0.3 is 0 Å². The predicted octanol–water partition coefficient (Wildman–Crippen LogP) is 5.89. The highest BCUT2D eigenvalue weighted by molar-refractivity contribution is 7.93. The predicted molar refractivity (Wildman–Crippen MR) is 125 cm³/mol. The van der Waals surface area contributed by atoms with Gasteiger partial charge in [0, 0.05) is 11.4 Å². The molecule has 0 saturated carbocycles. The molecule has 0 spiro atoms. The van der Waals surface area contributed by atoms with Crippen LogP contribution in [-0.4, -0.2) is 16.8 Å². The molecule has 0 radical (unpaired) electrons. The van der Waals surface area contributed by atoms with Crippen LogP contribution in [0.5, 0.6) is 0 Å². The highest BCUT2D eigenvalue weighted by atomic mass is 35.5. The van der Waals surface area contributed by atoms with Gasteiger partial charge in [-0.1, -0.05) is 29.3 Å². The van der Waals surface area contributed by atoms with Gasteiger partial charge in [-0.25, -0.2) is 16.8 Å². The standard InChI is InChI=1S/C22H20ClF3N2O4S2/c1-13-10-14(2)21(15(3)11-13)34(31,32)27-16-4-7-18(8-5-16)33(29,30)28-17-6-9-20(23)19(12-17)22(24,25)26/h4-12,27-28H,1-3H3. The van der Waals surface area contributed by atoms with Gasteiger partial charge >= 0.3 is 6.18 Å². The quantitative estimate of drug-likeness (QED) is 0.414. The molecular weight excluding hydrogens is 513 g/mol. The molecule has 0 aliphatic heterocycles. The zero-order valence-electron chi connectivity index (χ0n) is 18.2. The number of aryl methyl sites for hydroxylation is 3. The number of hydrogen-bond acceptors (Lipinski definition) is 4. The molecule has 12 heteroatoms. The first-order chi connectivity index (χ1) is 15.6. The fourth-order valence-electron chi connectivity index (χ4n) is 3.52. The van der Waals surface area contributed by atoms with Gasteiger partial charge in [0.15, 0.2) is 0 Å². The zero-order chi connectivity index (χ0) is 25.5. The van der Waals surface area contributed by atoms with Gasteiger partial charge in [0.25, 0.3) is 20.0 Å². The molecule has 0 aromatic heterocycles. The summed E-state index contributed by atoms with van der Waals surface area (Å²) in [5.41, 5.74) is 0.653. The van der Waals surface area contributed by atoms with Crippen molar-refractivity contribution in [1.82, 2.24) is 0 Å². The number of hydrogen-bond donors (Lipinski definition) is 2. The number of anilines is 2. The first kappa shape index (κ1) is 25.9. The lowest BCUT2D eigenvalue weighted by molar-refractivity contribution is -0.137. The third-order valence-electron chi connectivity index (χ3n) is 4.81. The lowest BCUT2D eigenvalue weighted by atomic mass is 10.1. The molecule has 0 atom stereocenters. The minimum Gasteiger partial charge on any atom is -0.280 e. The van der Waals surface area contributed by atoms with E-state index < -0.39 is 36.8 Å². The summed E-state index contributed by atoms with van der Waals surface area (Å²) in [6.45, 7) is 5.21. The maximum atomic E-state index is 13.0. The summed E-state index contributed by atoms with van der Waals surface area (Å²) in [4.78, 5) is -0.152. The summed E-state index contributed by atoms with van der Waals surface area (Å²) in [7, 11) is -8.20. The fraction of sp³-hybridized carbons (Fsp3) is 0.182. The number of benzene rings is 3. The number of nitrogens with one attached hydrogen (secondary N) is 2. The molecule has 0 saturated heterocycles. The minimum absolute atomic E-state index is 0.115. The van der Waals surface area contributed by atoms with Crippen molar-refractivity contribution < 1.29 is 30.0 Å². The second-order valence-corrected chi connectivity index (χ2v) is 11.4. The molecule has 0 heterocycles. The Kier molecular flexibility index (Phi) is 6.94. The Morgan fingerprint density at radius 3 is 1.76 bits per heavy atom. The molecule has 182 valence electrons. The van der Waals surface area contributed by atoms with Crippen molar-refractivity contribution in [2.45, 2.75) is 36.7 Å². The van der Waals surface area contributed by atoms with Crippen molar-refractivity contribution in [2.24, 2.45) is 0 Å². The maximum absolute atomic E-state index is 13.0. The molecule has 0 bridgehead atoms. The molecule has 2 N–H and O–H groups in total. The Morgan fingerprint density at radius 1 is 0.735 bits per heavy atom. The van der Waals surface area contributed by atoms with Crippen molar-refractivity contribution >= 4 is 43.0 Å². The van der Waals surface area contributed by atoms with Crippen LogP contribution in [0.15, 0.2) is 64.4 Å². The summed E-state index contributed by atoms with van der Waals surface area (Å²) in [5, 5.41) is -0.564. The van der Waals surface area contributed by atoms with E-state index in [9.17, 15) is 30.0 Å². The van der Waals surface area contributed by atoms with E-state index in [0.717, 1.165) is 29.8 Å². The van der Waals surface area contributed by atoms with Crippen molar-refractivity contribution in [3.05, 3.63) is 81.9 Å². The fourth-order valence-corrected chi connectivity index (χ4v) is 6.31. The minimum atomic E-state index is -4.76. The normalized spacial score (nSPS) is 12.4. The summed E-state index contributed by atoms with van der Waals surface area (Å²) in [5.74, 6) is 0. The van der Waals surface area contributed by atoms with Crippen LogP contribution in [-0.2, 0) is 26.2 Å². The van der Waals surface area contributed by atoms with E-state index in [1.54, 1.807) is 26.0 Å². The van der Waals surface area contributed by atoms with Crippen LogP contribution < -0.4 is 9.44 Å². The summed E-state index contributed by atoms with van der Waals surface area (Å²) in [6, 6.07) is 10.9. The molecule has 0 aliphatic rings. The van der Waals surface area contributed by atoms with Gasteiger partial charge in [0.1, 0.15) is 0 Å². The van der Waals surface area contributed by atoms with E-state index in [1.165, 1.54) is 12.1 Å². The molecule has 0 unspecified atom stereocenters. The van der Waals surface area contributed by atoms with E-state index in [-0.39, 0.29) is 21.2 Å². The summed E-state index contributed by atoms with van der Waals surface area (Å²) in [6.07, 6.45) is -4.76. The van der Waals surface area contributed by atoms with Crippen molar-refractivity contribution in [3.63, 3.8) is 0 Å². The van der Waals surface area contributed by atoms with E-state index >= 15 is 0 Å². The first-order valence-corrected chi connectivity index (χ1v) is 13.0. The highest BCUT2D eigenvalue weighted by Gasteiger charge is 2.33. The average Bonchev–Trinajstić information content (AvgIpc) is 2.67. The van der Waals surface area contributed by atoms with Crippen LogP contribution in [0.1, 0.15) is 22.3 Å². The molecule has 0 amide bonds. The Hall–Kier alpha value is -2.76. The Balaban J connectivity index is 1.84. The second-order valence-electron chi connectivity index (χ2n) is 7.66. The Labute approximate surface area is 200 Å². The van der Waals surface area contributed by atoms with Crippen LogP contribution in [0.25, 0.3) is 0 Å². The molecule has 3 aromatic rings. The molecule has 0 fully saturated rings. The third-order valence-corrected chi connectivity index (χ3v) is 8.23. The molecule has 3 rings (SSSR count). The van der Waals surface area contributed by atoms with E-state index in [0.29, 0.717) is 17.2 Å². The van der Waals surface area contributed by atoms with Crippen molar-refractivity contribution in [2.75, 3.05) is 9.44 Å². The molecule has 6 nitrogen and oxygen atoms in total. The van der Waals surface area contributed by atoms with Gasteiger partial charge in [-0.15, -0.1) is 0 Å². The van der Waals surface area contributed by atoms with Crippen molar-refractivity contribution in [3.8, 4) is 0 Å². The van der Waals surface area contributed by atoms with Gasteiger partial charge in [-0.3, -0.25) is 9.44 Å². The number of halogens is 4. The molecular formula is C22H20ClF3N2O4S2. The molecule has 34 heavy (non-hydrogen) atoms. The SMILES string of the molecule is Cc1cc(C)c(S(=O)(=O)Nc2ccc(S(=O)(=O)Nc3ccc(Cl)c(C(F)(F)F)c3)cc2)c(C)c1. The van der Waals surface area contributed by atoms with Gasteiger partial charge in [0.2, 0.25) is 0 Å². The van der Waals surface area contributed by atoms with E-state index in [4.69, 9.17) is 11.6 Å². The third kappa shape index (κ3) is 5.65. The topological polar surface area (TPSA) is 92.3 Å². The van der Waals surface area contributed by atoms with Crippen LogP contribution in [0.4, 0.5) is 24.5 Å². The monoisotopic (exact) mass is 532 g/mol. The average molecular weight is 533 g/mol. The smallest absolute Gasteiger partial charge is 0.280 e. The van der Waals surface area contributed by atoms with Crippen LogP contribution in [0, 0.1) is 20.8 Å². The van der Waals surface area contributed by atoms with E-state index in [2.05, 4.69) is 9.44 Å². The lowest BCUT2D eigenvalue weighted by Gasteiger charge is -2.15. The second kappa shape index (κ2) is 9.12. The Bertz CT molecular complexity index is 1430. The van der Waals surface area contributed by atoms with E-state index in [1.807, 2.05) is 6.92 Å². The van der Waals surface area contributed by atoms with Gasteiger partial charge in [-0.2, -0.15) is 13.2 Å². The first-order valence-electron chi connectivity index (χ1n) is 9.70. The van der Waals surface area contributed by atoms with Crippen LogP contribution in [0.2, 0.25) is 5.02 Å². The highest BCUT2D eigenvalue weighted by Crippen LogP contribution is 2.36. The lowest BCUT2D eigenvalue weighted by Crippen LogP contribution is -2.16. The number of alkyl halides is 3. The summed E-state index contributed by atoms with van der Waals surface area (Å²) >= 11 is 5.56.